The molecular weight excluding hydrogens is 284 g/mol. The maximum atomic E-state index is 12.4. The highest BCUT2D eigenvalue weighted by atomic mass is 16.1. The number of rotatable bonds is 6. The number of carbonyl (C=O) groups excluding carboxylic acids is 1. The fourth-order valence-electron chi connectivity index (χ4n) is 3.22. The average molecular weight is 308 g/mol. The Hall–Kier alpha value is -2.13. The molecule has 2 N–H and O–H groups in total. The molecule has 0 aliphatic carbocycles. The number of carbonyl (C=O) groups is 1. The Morgan fingerprint density at radius 1 is 1.09 bits per heavy atom. The van der Waals surface area contributed by atoms with Gasteiger partial charge < -0.3 is 10.6 Å². The normalized spacial score (nSPS) is 18.5. The largest absolute Gasteiger partial charge is 0.352 e. The standard InChI is InChI=1S/C20H24N2O/c23-20(22-19-11-12-21-15-19)14-18(17-9-5-2-6-10-17)13-16-7-3-1-4-8-16/h1-10,18-19,21H,11-15H2,(H,22,23). The van der Waals surface area contributed by atoms with Crippen molar-refractivity contribution in [3.63, 3.8) is 0 Å². The molecule has 0 aromatic heterocycles. The van der Waals surface area contributed by atoms with Crippen LogP contribution in [-0.4, -0.2) is 25.0 Å². The smallest absolute Gasteiger partial charge is 0.220 e. The molecule has 2 aromatic carbocycles. The highest BCUT2D eigenvalue weighted by molar-refractivity contribution is 5.77. The lowest BCUT2D eigenvalue weighted by molar-refractivity contribution is -0.122. The molecule has 23 heavy (non-hydrogen) atoms. The zero-order chi connectivity index (χ0) is 15.9. The van der Waals surface area contributed by atoms with Crippen LogP contribution in [0.3, 0.4) is 0 Å². The summed E-state index contributed by atoms with van der Waals surface area (Å²) in [5.41, 5.74) is 2.51. The topological polar surface area (TPSA) is 41.1 Å². The highest BCUT2D eigenvalue weighted by Crippen LogP contribution is 2.24. The molecule has 2 unspecified atom stereocenters. The first-order chi connectivity index (χ1) is 11.3. The van der Waals surface area contributed by atoms with E-state index in [-0.39, 0.29) is 17.9 Å². The summed E-state index contributed by atoms with van der Waals surface area (Å²) in [6.45, 7) is 1.89. The first-order valence-corrected chi connectivity index (χ1v) is 8.40. The van der Waals surface area contributed by atoms with Crippen LogP contribution in [0, 0.1) is 0 Å². The molecule has 2 atom stereocenters. The van der Waals surface area contributed by atoms with Gasteiger partial charge in [-0.2, -0.15) is 0 Å². The summed E-state index contributed by atoms with van der Waals surface area (Å²) in [5, 5.41) is 6.45. The molecular formula is C20H24N2O. The predicted octanol–water partition coefficient (Wildman–Crippen LogP) is 2.88. The molecule has 3 heteroatoms. The molecule has 1 saturated heterocycles. The van der Waals surface area contributed by atoms with Crippen molar-refractivity contribution >= 4 is 5.91 Å². The predicted molar refractivity (Wildman–Crippen MR) is 93.4 cm³/mol. The lowest BCUT2D eigenvalue weighted by Gasteiger charge is -2.19. The van der Waals surface area contributed by atoms with Crippen LogP contribution in [0.4, 0.5) is 0 Å². The Morgan fingerprint density at radius 3 is 2.43 bits per heavy atom. The van der Waals surface area contributed by atoms with E-state index in [9.17, 15) is 4.79 Å². The summed E-state index contributed by atoms with van der Waals surface area (Å²) in [4.78, 5) is 12.4. The van der Waals surface area contributed by atoms with E-state index in [0.29, 0.717) is 6.42 Å². The molecule has 3 nitrogen and oxygen atoms in total. The van der Waals surface area contributed by atoms with Crippen LogP contribution in [-0.2, 0) is 11.2 Å². The van der Waals surface area contributed by atoms with Crippen molar-refractivity contribution in [3.8, 4) is 0 Å². The molecule has 1 aliphatic heterocycles. The van der Waals surface area contributed by atoms with Crippen molar-refractivity contribution in [3.05, 3.63) is 71.8 Å². The summed E-state index contributed by atoms with van der Waals surface area (Å²) in [5.74, 6) is 0.372. The quantitative estimate of drug-likeness (QED) is 0.861. The molecule has 0 spiro atoms. The van der Waals surface area contributed by atoms with Crippen LogP contribution in [0.15, 0.2) is 60.7 Å². The minimum Gasteiger partial charge on any atom is -0.352 e. The van der Waals surface area contributed by atoms with E-state index in [1.54, 1.807) is 0 Å². The van der Waals surface area contributed by atoms with Crippen molar-refractivity contribution < 1.29 is 4.79 Å². The molecule has 2 aromatic rings. The van der Waals surface area contributed by atoms with Crippen molar-refractivity contribution in [1.29, 1.82) is 0 Å². The van der Waals surface area contributed by atoms with Crippen LogP contribution in [0.5, 0.6) is 0 Å². The van der Waals surface area contributed by atoms with Gasteiger partial charge in [-0.25, -0.2) is 0 Å². The van der Waals surface area contributed by atoms with Crippen LogP contribution in [0.1, 0.15) is 29.9 Å². The summed E-state index contributed by atoms with van der Waals surface area (Å²) in [6.07, 6.45) is 2.46. The minimum atomic E-state index is 0.156. The first-order valence-electron chi connectivity index (χ1n) is 8.40. The van der Waals surface area contributed by atoms with Crippen LogP contribution < -0.4 is 10.6 Å². The van der Waals surface area contributed by atoms with Gasteiger partial charge in [-0.05, 0) is 36.4 Å². The molecule has 0 bridgehead atoms. The van der Waals surface area contributed by atoms with Crippen molar-refractivity contribution in [1.82, 2.24) is 10.6 Å². The number of hydrogen-bond acceptors (Lipinski definition) is 2. The number of benzene rings is 2. The lowest BCUT2D eigenvalue weighted by Crippen LogP contribution is -2.37. The summed E-state index contributed by atoms with van der Waals surface area (Å²) in [7, 11) is 0. The minimum absolute atomic E-state index is 0.156. The monoisotopic (exact) mass is 308 g/mol. The number of amides is 1. The van der Waals surface area contributed by atoms with Crippen molar-refractivity contribution in [2.24, 2.45) is 0 Å². The van der Waals surface area contributed by atoms with E-state index < -0.39 is 0 Å². The van der Waals surface area contributed by atoms with Crippen LogP contribution >= 0.6 is 0 Å². The second kappa shape index (κ2) is 7.93. The van der Waals surface area contributed by atoms with Gasteiger partial charge >= 0.3 is 0 Å². The second-order valence-corrected chi connectivity index (χ2v) is 6.26. The summed E-state index contributed by atoms with van der Waals surface area (Å²) >= 11 is 0. The van der Waals surface area contributed by atoms with Gasteiger partial charge in [0.15, 0.2) is 0 Å². The van der Waals surface area contributed by atoms with Crippen molar-refractivity contribution in [2.75, 3.05) is 13.1 Å². The third kappa shape index (κ3) is 4.67. The Labute approximate surface area is 138 Å². The maximum absolute atomic E-state index is 12.4. The number of nitrogens with one attached hydrogen (secondary N) is 2. The van der Waals surface area contributed by atoms with Crippen LogP contribution in [0.25, 0.3) is 0 Å². The second-order valence-electron chi connectivity index (χ2n) is 6.26. The van der Waals surface area contributed by atoms with E-state index in [1.165, 1.54) is 11.1 Å². The van der Waals surface area contributed by atoms with E-state index >= 15 is 0 Å². The van der Waals surface area contributed by atoms with Gasteiger partial charge in [0.05, 0.1) is 0 Å². The fourth-order valence-corrected chi connectivity index (χ4v) is 3.22. The van der Waals surface area contributed by atoms with Gasteiger partial charge in [0, 0.05) is 19.0 Å². The van der Waals surface area contributed by atoms with Gasteiger partial charge in [0.25, 0.3) is 0 Å². The highest BCUT2D eigenvalue weighted by Gasteiger charge is 2.20. The maximum Gasteiger partial charge on any atom is 0.220 e. The molecule has 3 rings (SSSR count). The molecule has 120 valence electrons. The van der Waals surface area contributed by atoms with Gasteiger partial charge in [-0.15, -0.1) is 0 Å². The Balaban J connectivity index is 1.68. The Kier molecular flexibility index (Phi) is 5.43. The molecule has 0 saturated carbocycles. The molecule has 0 radical (unpaired) electrons. The third-order valence-corrected chi connectivity index (χ3v) is 4.45. The van der Waals surface area contributed by atoms with Gasteiger partial charge in [0.1, 0.15) is 0 Å². The molecule has 1 aliphatic rings. The van der Waals surface area contributed by atoms with Gasteiger partial charge in [-0.3, -0.25) is 4.79 Å². The molecule has 1 heterocycles. The zero-order valence-corrected chi connectivity index (χ0v) is 13.4. The van der Waals surface area contributed by atoms with E-state index in [1.807, 2.05) is 24.3 Å². The van der Waals surface area contributed by atoms with E-state index in [2.05, 4.69) is 47.0 Å². The van der Waals surface area contributed by atoms with Gasteiger partial charge in [0.2, 0.25) is 5.91 Å². The van der Waals surface area contributed by atoms with Crippen LogP contribution in [0.2, 0.25) is 0 Å². The zero-order valence-electron chi connectivity index (χ0n) is 13.4. The Morgan fingerprint density at radius 2 is 1.78 bits per heavy atom. The lowest BCUT2D eigenvalue weighted by atomic mass is 9.89. The fraction of sp³-hybridized carbons (Fsp3) is 0.350. The first kappa shape index (κ1) is 15.8. The Bertz CT molecular complexity index is 606. The van der Waals surface area contributed by atoms with Gasteiger partial charge in [-0.1, -0.05) is 60.7 Å². The average Bonchev–Trinajstić information content (AvgIpc) is 3.09. The summed E-state index contributed by atoms with van der Waals surface area (Å²) in [6, 6.07) is 21.1. The van der Waals surface area contributed by atoms with Crippen molar-refractivity contribution in [2.45, 2.75) is 31.2 Å². The third-order valence-electron chi connectivity index (χ3n) is 4.45. The van der Waals surface area contributed by atoms with E-state index in [4.69, 9.17) is 0 Å². The SMILES string of the molecule is O=C(CC(Cc1ccccc1)c1ccccc1)NC1CCNC1. The molecule has 1 fully saturated rings. The molecule has 1 amide bonds. The summed E-state index contributed by atoms with van der Waals surface area (Å²) < 4.78 is 0. The van der Waals surface area contributed by atoms with E-state index in [0.717, 1.165) is 25.9 Å². The number of hydrogen-bond donors (Lipinski definition) is 2.